The van der Waals surface area contributed by atoms with E-state index in [1.807, 2.05) is 0 Å². The van der Waals surface area contributed by atoms with Gasteiger partial charge in [-0.15, -0.1) is 0 Å². The number of carbonyl (C=O) groups excluding carboxylic acids is 1. The number of aliphatic imine (C=N–C) groups is 1. The van der Waals surface area contributed by atoms with Crippen molar-refractivity contribution in [2.45, 2.75) is 57.5 Å². The molecule has 1 fully saturated rings. The van der Waals surface area contributed by atoms with Crippen LogP contribution in [-0.2, 0) is 17.6 Å². The fourth-order valence-corrected chi connectivity index (χ4v) is 5.51. The molecule has 1 aliphatic heterocycles. The van der Waals surface area contributed by atoms with Crippen LogP contribution >= 0.6 is 11.3 Å². The van der Waals surface area contributed by atoms with Crippen LogP contribution < -0.4 is 10.1 Å². The highest BCUT2D eigenvalue weighted by Gasteiger charge is 2.30. The Morgan fingerprint density at radius 2 is 2.00 bits per heavy atom. The van der Waals surface area contributed by atoms with Gasteiger partial charge < -0.3 is 15.0 Å². The summed E-state index contributed by atoms with van der Waals surface area (Å²) in [5.41, 5.74) is 0.837. The molecular formula is C24H33F4N5O2S. The predicted octanol–water partition coefficient (Wildman–Crippen LogP) is 4.72. The molecule has 1 aliphatic carbocycles. The third kappa shape index (κ3) is 9.27. The van der Waals surface area contributed by atoms with Gasteiger partial charge in [0.05, 0.1) is 12.1 Å². The molecule has 2 N–H and O–H groups in total. The number of ether oxygens (including phenoxy) is 1. The van der Waals surface area contributed by atoms with E-state index in [0.29, 0.717) is 12.3 Å². The largest absolute Gasteiger partial charge is 0.460 e. The first-order chi connectivity index (χ1) is 17.1. The number of nitrogens with zero attached hydrogens (tertiary/aromatic N) is 3. The minimum atomic E-state index is -4.36. The molecule has 1 saturated carbocycles. The van der Waals surface area contributed by atoms with Crippen molar-refractivity contribution in [3.05, 3.63) is 22.3 Å². The summed E-state index contributed by atoms with van der Waals surface area (Å²) in [6.45, 7) is 1.36. The first kappa shape index (κ1) is 28.2. The van der Waals surface area contributed by atoms with Gasteiger partial charge in [0, 0.05) is 49.4 Å². The number of aromatic nitrogens is 1. The number of rotatable bonds is 10. The highest BCUT2D eigenvalue weighted by atomic mass is 32.1. The first-order valence-electron chi connectivity index (χ1n) is 12.2. The summed E-state index contributed by atoms with van der Waals surface area (Å²) < 4.78 is 55.0. The van der Waals surface area contributed by atoms with Crippen molar-refractivity contribution < 1.29 is 27.1 Å². The van der Waals surface area contributed by atoms with Crippen molar-refractivity contribution in [2.24, 2.45) is 16.8 Å². The van der Waals surface area contributed by atoms with Crippen molar-refractivity contribution in [1.29, 1.82) is 5.41 Å². The molecule has 3 rings (SSSR count). The fourth-order valence-electron chi connectivity index (χ4n) is 4.57. The molecule has 7 nitrogen and oxygen atoms in total. The van der Waals surface area contributed by atoms with Crippen molar-refractivity contribution in [2.75, 3.05) is 33.3 Å². The minimum absolute atomic E-state index is 0.0158. The Bertz CT molecular complexity index is 929. The highest BCUT2D eigenvalue weighted by molar-refractivity contribution is 7.13. The molecular weight excluding hydrogens is 498 g/mol. The normalized spacial score (nSPS) is 21.8. The van der Waals surface area contributed by atoms with Gasteiger partial charge in [0.25, 0.3) is 5.19 Å². The van der Waals surface area contributed by atoms with Crippen LogP contribution in [0.2, 0.25) is 0 Å². The van der Waals surface area contributed by atoms with E-state index in [1.165, 1.54) is 17.5 Å². The maximum Gasteiger partial charge on any atom is 0.422 e. The Hall–Kier alpha value is -2.34. The van der Waals surface area contributed by atoms with E-state index in [0.717, 1.165) is 68.7 Å². The average Bonchev–Trinajstić information content (AvgIpc) is 3.13. The van der Waals surface area contributed by atoms with E-state index >= 15 is 0 Å². The van der Waals surface area contributed by atoms with E-state index in [-0.39, 0.29) is 23.1 Å². The van der Waals surface area contributed by atoms with Gasteiger partial charge in [0.1, 0.15) is 0 Å². The molecule has 1 aromatic rings. The molecule has 0 radical (unpaired) electrons. The molecule has 0 atom stereocenters. The molecule has 1 amide bonds. The van der Waals surface area contributed by atoms with E-state index in [9.17, 15) is 22.4 Å². The molecule has 0 unspecified atom stereocenters. The zero-order valence-electron chi connectivity index (χ0n) is 20.4. The molecule has 0 saturated heterocycles. The predicted molar refractivity (Wildman–Crippen MR) is 132 cm³/mol. The Labute approximate surface area is 212 Å². The van der Waals surface area contributed by atoms with Crippen LogP contribution in [0.25, 0.3) is 0 Å². The number of nitrogens with one attached hydrogen (secondary N) is 2. The van der Waals surface area contributed by atoms with Crippen molar-refractivity contribution in [3.8, 4) is 5.19 Å². The highest BCUT2D eigenvalue weighted by Crippen LogP contribution is 2.32. The van der Waals surface area contributed by atoms with Gasteiger partial charge in [0.15, 0.2) is 6.61 Å². The second-order valence-corrected chi connectivity index (χ2v) is 10.3. The third-order valence-electron chi connectivity index (χ3n) is 6.55. The maximum atomic E-state index is 13.1. The van der Waals surface area contributed by atoms with Crippen LogP contribution in [0.1, 0.15) is 49.1 Å². The smallest absolute Gasteiger partial charge is 0.422 e. The number of thiazole rings is 1. The van der Waals surface area contributed by atoms with Crippen LogP contribution in [0.15, 0.2) is 16.8 Å². The van der Waals surface area contributed by atoms with E-state index in [4.69, 9.17) is 10.1 Å². The monoisotopic (exact) mass is 531 g/mol. The number of hydrogen-bond acceptors (Lipinski definition) is 7. The van der Waals surface area contributed by atoms with Gasteiger partial charge in [-0.05, 0) is 56.9 Å². The molecule has 200 valence electrons. The zero-order chi connectivity index (χ0) is 26.1. The first-order valence-corrected chi connectivity index (χ1v) is 13.0. The lowest BCUT2D eigenvalue weighted by molar-refractivity contribution is -0.153. The van der Waals surface area contributed by atoms with Gasteiger partial charge in [0.2, 0.25) is 11.9 Å². The van der Waals surface area contributed by atoms with Gasteiger partial charge in [-0.2, -0.15) is 17.6 Å². The molecule has 1 aromatic heterocycles. The lowest BCUT2D eigenvalue weighted by atomic mass is 9.81. The maximum absolute atomic E-state index is 13.1. The van der Waals surface area contributed by atoms with Crippen LogP contribution in [0, 0.1) is 17.2 Å². The molecule has 12 heteroatoms. The van der Waals surface area contributed by atoms with Crippen LogP contribution in [-0.4, -0.2) is 67.4 Å². The van der Waals surface area contributed by atoms with Crippen LogP contribution in [0.3, 0.4) is 0 Å². The quantitative estimate of drug-likeness (QED) is 0.337. The van der Waals surface area contributed by atoms with E-state index in [2.05, 4.69) is 20.2 Å². The SMILES string of the molecule is CN/C=C(/CC(=O)N=CC1CCC(CCN2CCc3nc(OCC(F)(F)F)sc3CC2)CC1)C(=N)F. The van der Waals surface area contributed by atoms with E-state index < -0.39 is 24.7 Å². The summed E-state index contributed by atoms with van der Waals surface area (Å²) in [7, 11) is 1.58. The molecule has 36 heavy (non-hydrogen) atoms. The second-order valence-electron chi connectivity index (χ2n) is 9.29. The number of alkyl halides is 3. The number of hydrogen-bond donors (Lipinski definition) is 2. The van der Waals surface area contributed by atoms with Gasteiger partial charge >= 0.3 is 6.18 Å². The standard InChI is InChI=1S/C24H33F4N5O2S/c1-30-14-18(22(25)29)12-21(34)31-13-17-4-2-16(3-5-17)6-9-33-10-7-19-20(8-11-33)36-23(32-19)35-15-24(26,27)28/h13-14,16-17,29-30H,2-12,15H2,1H3/b18-14-,29-22?,31-13?. The lowest BCUT2D eigenvalue weighted by Gasteiger charge is -2.28. The number of carbonyl (C=O) groups is 1. The fraction of sp³-hybridized carbons (Fsp3) is 0.667. The summed E-state index contributed by atoms with van der Waals surface area (Å²) in [6, 6.07) is 0. The Kier molecular flexibility index (Phi) is 10.4. The average molecular weight is 532 g/mol. The summed E-state index contributed by atoms with van der Waals surface area (Å²) >= 11 is 1.22. The van der Waals surface area contributed by atoms with Crippen molar-refractivity contribution in [1.82, 2.24) is 15.2 Å². The molecule has 2 heterocycles. The Morgan fingerprint density at radius 3 is 2.67 bits per heavy atom. The number of fused-ring (bicyclic) bond motifs is 1. The summed E-state index contributed by atoms with van der Waals surface area (Å²) in [5.74, 6) is -0.741. The summed E-state index contributed by atoms with van der Waals surface area (Å²) in [6.07, 6.45) is 5.00. The Morgan fingerprint density at radius 1 is 1.28 bits per heavy atom. The van der Waals surface area contributed by atoms with Crippen molar-refractivity contribution in [3.63, 3.8) is 0 Å². The molecule has 0 aromatic carbocycles. The van der Waals surface area contributed by atoms with Gasteiger partial charge in [-0.1, -0.05) is 11.3 Å². The van der Waals surface area contributed by atoms with Crippen molar-refractivity contribution >= 4 is 29.4 Å². The Balaban J connectivity index is 1.35. The second kappa shape index (κ2) is 13.3. The number of halogens is 4. The van der Waals surface area contributed by atoms with Crippen LogP contribution in [0.4, 0.5) is 17.6 Å². The van der Waals surface area contributed by atoms with Crippen LogP contribution in [0.5, 0.6) is 5.19 Å². The molecule has 0 bridgehead atoms. The van der Waals surface area contributed by atoms with Gasteiger partial charge in [-0.25, -0.2) is 9.98 Å². The number of amides is 1. The summed E-state index contributed by atoms with van der Waals surface area (Å²) in [4.78, 5) is 23.7. The zero-order valence-corrected chi connectivity index (χ0v) is 21.2. The summed E-state index contributed by atoms with van der Waals surface area (Å²) in [5, 5.41) is 9.80. The molecule has 0 spiro atoms. The topological polar surface area (TPSA) is 90.7 Å². The third-order valence-corrected chi connectivity index (χ3v) is 7.62. The van der Waals surface area contributed by atoms with E-state index in [1.54, 1.807) is 13.3 Å². The van der Waals surface area contributed by atoms with Gasteiger partial charge in [-0.3, -0.25) is 10.2 Å². The lowest BCUT2D eigenvalue weighted by Crippen LogP contribution is -2.29. The minimum Gasteiger partial charge on any atom is -0.460 e. The molecule has 2 aliphatic rings.